The average molecular weight is 556 g/mol. The number of hydrogen-bond donors (Lipinski definition) is 1. The molecule has 32 heavy (non-hydrogen) atoms. The summed E-state index contributed by atoms with van der Waals surface area (Å²) in [6.45, 7) is 1.59. The van der Waals surface area contributed by atoms with E-state index in [1.54, 1.807) is 24.0 Å². The standard InChI is InChI=1S/C20H16F3IN6O2/c1-11(31)7-29-10-26-18-14(19(29)32)4-16(15-3-2-13(6-25-15)20(21,22)23)28-17(18)12-5-27-30(8-12)9-24/h2-6,8,10-11,31H,7,9H2,1H3. The van der Waals surface area contributed by atoms with Crippen molar-refractivity contribution in [3.8, 4) is 22.6 Å². The number of aromatic nitrogens is 6. The van der Waals surface area contributed by atoms with Gasteiger partial charge in [-0.05, 0) is 25.1 Å². The molecule has 0 radical (unpaired) electrons. The number of rotatable bonds is 5. The van der Waals surface area contributed by atoms with Crippen LogP contribution in [0.25, 0.3) is 33.5 Å². The Bertz CT molecular complexity index is 1330. The number of pyridine rings is 2. The molecule has 0 spiro atoms. The summed E-state index contributed by atoms with van der Waals surface area (Å²) in [6.07, 6.45) is 0.0891. The zero-order valence-corrected chi connectivity index (χ0v) is 18.7. The van der Waals surface area contributed by atoms with E-state index >= 15 is 0 Å². The highest BCUT2D eigenvalue weighted by Crippen LogP contribution is 2.31. The van der Waals surface area contributed by atoms with E-state index in [0.29, 0.717) is 21.3 Å². The minimum atomic E-state index is -4.51. The average Bonchev–Trinajstić information content (AvgIpc) is 3.23. The molecule has 1 unspecified atom stereocenters. The lowest BCUT2D eigenvalue weighted by Gasteiger charge is -2.12. The molecule has 0 saturated heterocycles. The molecular weight excluding hydrogens is 540 g/mol. The molecule has 0 aliphatic rings. The van der Waals surface area contributed by atoms with Crippen molar-refractivity contribution in [2.24, 2.45) is 0 Å². The molecule has 0 aliphatic carbocycles. The normalized spacial score (nSPS) is 12.9. The number of halogens is 4. The summed E-state index contributed by atoms with van der Waals surface area (Å²) in [5.74, 6) is 0. The number of nitrogens with zero attached hydrogens (tertiary/aromatic N) is 6. The highest BCUT2D eigenvalue weighted by Gasteiger charge is 2.30. The van der Waals surface area contributed by atoms with Crippen molar-refractivity contribution in [3.63, 3.8) is 0 Å². The van der Waals surface area contributed by atoms with Crippen molar-refractivity contribution in [3.05, 3.63) is 59.0 Å². The van der Waals surface area contributed by atoms with Gasteiger partial charge >= 0.3 is 6.18 Å². The van der Waals surface area contributed by atoms with Crippen LogP contribution in [0.5, 0.6) is 0 Å². The minimum absolute atomic E-state index is 0.0417. The van der Waals surface area contributed by atoms with E-state index in [4.69, 9.17) is 0 Å². The quantitative estimate of drug-likeness (QED) is 0.299. The molecule has 4 aromatic rings. The SMILES string of the molecule is CC(O)Cn1cnc2c(-c3cnn(CI)c3)nc(-c3ccc(C(F)(F)F)cn3)cc2c1=O. The monoisotopic (exact) mass is 556 g/mol. The zero-order valence-electron chi connectivity index (χ0n) is 16.6. The lowest BCUT2D eigenvalue weighted by Crippen LogP contribution is -2.25. The van der Waals surface area contributed by atoms with Gasteiger partial charge in [0.2, 0.25) is 0 Å². The largest absolute Gasteiger partial charge is 0.417 e. The Morgan fingerprint density at radius 1 is 1.19 bits per heavy atom. The van der Waals surface area contributed by atoms with E-state index in [2.05, 4.69) is 42.6 Å². The van der Waals surface area contributed by atoms with Crippen molar-refractivity contribution < 1.29 is 18.3 Å². The van der Waals surface area contributed by atoms with Crippen LogP contribution in [-0.2, 0) is 17.3 Å². The first kappa shape index (κ1) is 22.3. The van der Waals surface area contributed by atoms with E-state index in [1.807, 2.05) is 0 Å². The molecule has 8 nitrogen and oxygen atoms in total. The first-order chi connectivity index (χ1) is 15.2. The maximum absolute atomic E-state index is 13.1. The Morgan fingerprint density at radius 3 is 2.56 bits per heavy atom. The Labute approximate surface area is 192 Å². The summed E-state index contributed by atoms with van der Waals surface area (Å²) >= 11 is 2.14. The van der Waals surface area contributed by atoms with Crippen molar-refractivity contribution in [2.75, 3.05) is 0 Å². The van der Waals surface area contributed by atoms with Crippen LogP contribution in [0.1, 0.15) is 12.5 Å². The van der Waals surface area contributed by atoms with Gasteiger partial charge in [0.1, 0.15) is 11.2 Å². The van der Waals surface area contributed by atoms with Gasteiger partial charge in [0.25, 0.3) is 5.56 Å². The number of aliphatic hydroxyl groups is 1. The number of aliphatic hydroxyl groups excluding tert-OH is 1. The van der Waals surface area contributed by atoms with E-state index in [0.717, 1.165) is 12.3 Å². The van der Waals surface area contributed by atoms with Gasteiger partial charge in [0.05, 0.1) is 52.1 Å². The number of alkyl halides is 4. The first-order valence-electron chi connectivity index (χ1n) is 9.38. The van der Waals surface area contributed by atoms with Gasteiger partial charge < -0.3 is 5.11 Å². The fraction of sp³-hybridized carbons (Fsp3) is 0.250. The van der Waals surface area contributed by atoms with Crippen LogP contribution in [0.4, 0.5) is 13.2 Å². The minimum Gasteiger partial charge on any atom is -0.392 e. The molecule has 1 atom stereocenters. The molecule has 0 saturated carbocycles. The first-order valence-corrected chi connectivity index (χ1v) is 10.9. The van der Waals surface area contributed by atoms with Crippen LogP contribution in [0, 0.1) is 0 Å². The van der Waals surface area contributed by atoms with Crippen molar-refractivity contribution in [1.29, 1.82) is 0 Å². The fourth-order valence-electron chi connectivity index (χ4n) is 3.18. The third-order valence-electron chi connectivity index (χ3n) is 4.65. The van der Waals surface area contributed by atoms with Crippen molar-refractivity contribution >= 4 is 33.5 Å². The third kappa shape index (κ3) is 4.37. The van der Waals surface area contributed by atoms with E-state index in [-0.39, 0.29) is 23.3 Å². The van der Waals surface area contributed by atoms with Crippen molar-refractivity contribution in [2.45, 2.75) is 30.3 Å². The topological polar surface area (TPSA) is 98.7 Å². The van der Waals surface area contributed by atoms with Crippen LogP contribution in [0.15, 0.2) is 47.9 Å². The van der Waals surface area contributed by atoms with Gasteiger partial charge in [-0.3, -0.25) is 19.0 Å². The summed E-state index contributed by atoms with van der Waals surface area (Å²) in [7, 11) is 0. The predicted octanol–water partition coefficient (Wildman–Crippen LogP) is 3.51. The fourth-order valence-corrected chi connectivity index (χ4v) is 3.55. The molecule has 4 aromatic heterocycles. The van der Waals surface area contributed by atoms with E-state index in [9.17, 15) is 23.1 Å². The Balaban J connectivity index is 1.94. The molecule has 166 valence electrons. The third-order valence-corrected chi connectivity index (χ3v) is 5.35. The van der Waals surface area contributed by atoms with Gasteiger partial charge in [0, 0.05) is 18.0 Å². The van der Waals surface area contributed by atoms with Crippen LogP contribution in [-0.4, -0.2) is 40.5 Å². The second kappa shape index (κ2) is 8.58. The Morgan fingerprint density at radius 2 is 1.97 bits per heavy atom. The summed E-state index contributed by atoms with van der Waals surface area (Å²) in [5, 5.41) is 14.1. The molecule has 0 amide bonds. The van der Waals surface area contributed by atoms with Gasteiger partial charge in [-0.25, -0.2) is 9.97 Å². The molecule has 0 aromatic carbocycles. The number of hydrogen-bond acceptors (Lipinski definition) is 6. The van der Waals surface area contributed by atoms with Crippen molar-refractivity contribution in [1.82, 2.24) is 29.3 Å². The highest BCUT2D eigenvalue weighted by molar-refractivity contribution is 14.1. The van der Waals surface area contributed by atoms with Gasteiger partial charge in [0.15, 0.2) is 0 Å². The second-order valence-corrected chi connectivity index (χ2v) is 7.80. The summed E-state index contributed by atoms with van der Waals surface area (Å²) < 4.78 is 42.3. The molecule has 0 fully saturated rings. The lowest BCUT2D eigenvalue weighted by molar-refractivity contribution is -0.137. The summed E-state index contributed by atoms with van der Waals surface area (Å²) in [5.41, 5.74) is 0.378. The van der Waals surface area contributed by atoms with Crippen LogP contribution in [0.2, 0.25) is 0 Å². The van der Waals surface area contributed by atoms with Crippen LogP contribution >= 0.6 is 22.6 Å². The van der Waals surface area contributed by atoms with Gasteiger partial charge in [-0.1, -0.05) is 22.6 Å². The van der Waals surface area contributed by atoms with Crippen LogP contribution < -0.4 is 5.56 Å². The molecule has 4 rings (SSSR count). The highest BCUT2D eigenvalue weighted by atomic mass is 127. The maximum Gasteiger partial charge on any atom is 0.417 e. The lowest BCUT2D eigenvalue weighted by atomic mass is 10.1. The summed E-state index contributed by atoms with van der Waals surface area (Å²) in [4.78, 5) is 25.9. The number of fused-ring (bicyclic) bond motifs is 1. The molecule has 12 heteroatoms. The van der Waals surface area contributed by atoms with Crippen LogP contribution in [0.3, 0.4) is 0 Å². The van der Waals surface area contributed by atoms with Gasteiger partial charge in [-0.2, -0.15) is 18.3 Å². The smallest absolute Gasteiger partial charge is 0.392 e. The predicted molar refractivity (Wildman–Crippen MR) is 119 cm³/mol. The van der Waals surface area contributed by atoms with Gasteiger partial charge in [-0.15, -0.1) is 0 Å². The molecule has 0 bridgehead atoms. The maximum atomic E-state index is 13.1. The second-order valence-electron chi connectivity index (χ2n) is 7.12. The molecular formula is C20H16F3IN6O2. The Kier molecular flexibility index (Phi) is 5.99. The molecule has 4 heterocycles. The summed E-state index contributed by atoms with van der Waals surface area (Å²) in [6, 6.07) is 3.57. The molecule has 0 aliphatic heterocycles. The molecule has 1 N–H and O–H groups in total. The zero-order chi connectivity index (χ0) is 23.0. The van der Waals surface area contributed by atoms with E-state index < -0.39 is 23.4 Å². The van der Waals surface area contributed by atoms with E-state index in [1.165, 1.54) is 23.0 Å². The Hall–Kier alpha value is -2.87.